The van der Waals surface area contributed by atoms with Crippen LogP contribution in [0.4, 0.5) is 17.5 Å². The maximum absolute atomic E-state index is 12.1. The number of carbonyl (C=O) groups excluding carboxylic acids is 2. The average Bonchev–Trinajstić information content (AvgIpc) is 2.46. The second-order valence-corrected chi connectivity index (χ2v) is 4.02. The zero-order chi connectivity index (χ0) is 15.4. The number of para-hydroxylation sites is 1. The Balaban J connectivity index is 2.30. The third kappa shape index (κ3) is 3.06. The lowest BCUT2D eigenvalue weighted by Crippen LogP contribution is -2.18. The van der Waals surface area contributed by atoms with Gasteiger partial charge in [0.2, 0.25) is 5.95 Å². The van der Waals surface area contributed by atoms with Crippen LogP contribution in [0.1, 0.15) is 20.7 Å². The summed E-state index contributed by atoms with van der Waals surface area (Å²) in [4.78, 5) is 31.2. The lowest BCUT2D eigenvalue weighted by molar-refractivity contribution is 0.0602. The zero-order valence-corrected chi connectivity index (χ0v) is 11.2. The number of anilines is 3. The lowest BCUT2D eigenvalue weighted by Gasteiger charge is -2.10. The van der Waals surface area contributed by atoms with Gasteiger partial charge in [0.1, 0.15) is 11.4 Å². The topological polar surface area (TPSA) is 133 Å². The van der Waals surface area contributed by atoms with Crippen LogP contribution in [0.3, 0.4) is 0 Å². The summed E-state index contributed by atoms with van der Waals surface area (Å²) < 4.78 is 4.65. The van der Waals surface area contributed by atoms with E-state index in [0.29, 0.717) is 5.69 Å². The predicted octanol–water partition coefficient (Wildman–Crippen LogP) is 0.680. The normalized spacial score (nSPS) is 9.95. The molecule has 0 aliphatic heterocycles. The SMILES string of the molecule is COC(=O)c1ccccc1NC(=O)c1cnc(N)nc1N. The summed E-state index contributed by atoms with van der Waals surface area (Å²) in [6.07, 6.45) is 1.22. The minimum Gasteiger partial charge on any atom is -0.465 e. The van der Waals surface area contributed by atoms with Crippen molar-refractivity contribution in [3.8, 4) is 0 Å². The van der Waals surface area contributed by atoms with Crippen molar-refractivity contribution in [2.75, 3.05) is 23.9 Å². The number of methoxy groups -OCH3 is 1. The van der Waals surface area contributed by atoms with Crippen LogP contribution in [0.2, 0.25) is 0 Å². The number of hydrogen-bond acceptors (Lipinski definition) is 7. The number of rotatable bonds is 3. The van der Waals surface area contributed by atoms with Crippen LogP contribution in [-0.4, -0.2) is 29.0 Å². The van der Waals surface area contributed by atoms with Crippen LogP contribution in [0.5, 0.6) is 0 Å². The largest absolute Gasteiger partial charge is 0.465 e. The maximum atomic E-state index is 12.1. The number of nitrogens with one attached hydrogen (secondary N) is 1. The zero-order valence-electron chi connectivity index (χ0n) is 11.2. The fourth-order valence-electron chi connectivity index (χ4n) is 1.65. The van der Waals surface area contributed by atoms with Crippen molar-refractivity contribution in [2.45, 2.75) is 0 Å². The molecule has 0 saturated heterocycles. The first kappa shape index (κ1) is 14.3. The molecule has 8 nitrogen and oxygen atoms in total. The van der Waals surface area contributed by atoms with Crippen LogP contribution in [0.15, 0.2) is 30.5 Å². The van der Waals surface area contributed by atoms with Gasteiger partial charge in [-0.3, -0.25) is 4.79 Å². The van der Waals surface area contributed by atoms with Crippen LogP contribution >= 0.6 is 0 Å². The first-order valence-corrected chi connectivity index (χ1v) is 5.89. The smallest absolute Gasteiger partial charge is 0.339 e. The monoisotopic (exact) mass is 287 g/mol. The van der Waals surface area contributed by atoms with Crippen molar-refractivity contribution in [1.29, 1.82) is 0 Å². The number of esters is 1. The quantitative estimate of drug-likeness (QED) is 0.707. The molecular weight excluding hydrogens is 274 g/mol. The van der Waals surface area contributed by atoms with Crippen LogP contribution in [0.25, 0.3) is 0 Å². The van der Waals surface area contributed by atoms with Crippen molar-refractivity contribution in [3.63, 3.8) is 0 Å². The Morgan fingerprint density at radius 2 is 1.90 bits per heavy atom. The maximum Gasteiger partial charge on any atom is 0.339 e. The number of carbonyl (C=O) groups is 2. The van der Waals surface area contributed by atoms with Crippen molar-refractivity contribution < 1.29 is 14.3 Å². The number of aromatic nitrogens is 2. The van der Waals surface area contributed by atoms with Crippen LogP contribution < -0.4 is 16.8 Å². The summed E-state index contributed by atoms with van der Waals surface area (Å²) in [6, 6.07) is 6.43. The molecular formula is C13H13N5O3. The number of nitrogen functional groups attached to an aromatic ring is 2. The van der Waals surface area contributed by atoms with Gasteiger partial charge in [0.15, 0.2) is 0 Å². The van der Waals surface area contributed by atoms with Gasteiger partial charge in [-0.25, -0.2) is 9.78 Å². The van der Waals surface area contributed by atoms with E-state index < -0.39 is 11.9 Å². The van der Waals surface area contributed by atoms with Gasteiger partial charge in [-0.05, 0) is 12.1 Å². The van der Waals surface area contributed by atoms with Crippen molar-refractivity contribution in [1.82, 2.24) is 9.97 Å². The summed E-state index contributed by atoms with van der Waals surface area (Å²) in [5.41, 5.74) is 11.6. The van der Waals surface area contributed by atoms with E-state index >= 15 is 0 Å². The van der Waals surface area contributed by atoms with Gasteiger partial charge in [-0.1, -0.05) is 12.1 Å². The van der Waals surface area contributed by atoms with Crippen molar-refractivity contribution in [3.05, 3.63) is 41.6 Å². The Morgan fingerprint density at radius 1 is 1.19 bits per heavy atom. The van der Waals surface area contributed by atoms with Crippen molar-refractivity contribution in [2.24, 2.45) is 0 Å². The summed E-state index contributed by atoms with van der Waals surface area (Å²) in [5, 5.41) is 2.56. The number of nitrogens with zero attached hydrogens (tertiary/aromatic N) is 2. The fraction of sp³-hybridized carbons (Fsp3) is 0.0769. The molecule has 1 aromatic heterocycles. The van der Waals surface area contributed by atoms with Crippen molar-refractivity contribution >= 4 is 29.3 Å². The molecule has 0 fully saturated rings. The summed E-state index contributed by atoms with van der Waals surface area (Å²) >= 11 is 0. The third-order valence-electron chi connectivity index (χ3n) is 2.66. The van der Waals surface area contributed by atoms with Gasteiger partial charge in [-0.2, -0.15) is 4.98 Å². The molecule has 2 rings (SSSR count). The van der Waals surface area contributed by atoms with Gasteiger partial charge in [0, 0.05) is 6.20 Å². The van der Waals surface area contributed by atoms with E-state index in [1.54, 1.807) is 18.2 Å². The van der Waals surface area contributed by atoms with Crippen LogP contribution in [0, 0.1) is 0 Å². The minimum atomic E-state index is -0.563. The first-order chi connectivity index (χ1) is 10.0. The molecule has 5 N–H and O–H groups in total. The first-order valence-electron chi connectivity index (χ1n) is 5.89. The molecule has 1 amide bonds. The van der Waals surface area contributed by atoms with E-state index in [2.05, 4.69) is 20.0 Å². The molecule has 8 heteroatoms. The number of nitrogens with two attached hydrogens (primary N) is 2. The Bertz CT molecular complexity index is 702. The Kier molecular flexibility index (Phi) is 3.98. The van der Waals surface area contributed by atoms with E-state index in [1.165, 1.54) is 19.4 Å². The van der Waals surface area contributed by atoms with Crippen LogP contribution in [-0.2, 0) is 4.74 Å². The third-order valence-corrected chi connectivity index (χ3v) is 2.66. The number of amides is 1. The summed E-state index contributed by atoms with van der Waals surface area (Å²) in [6.45, 7) is 0. The second-order valence-electron chi connectivity index (χ2n) is 4.02. The highest BCUT2D eigenvalue weighted by molar-refractivity contribution is 6.09. The molecule has 0 unspecified atom stereocenters. The minimum absolute atomic E-state index is 0.0287. The van der Waals surface area contributed by atoms with Gasteiger partial charge in [0.25, 0.3) is 5.91 Å². The molecule has 21 heavy (non-hydrogen) atoms. The molecule has 0 saturated carbocycles. The van der Waals surface area contributed by atoms with E-state index in [4.69, 9.17) is 11.5 Å². The van der Waals surface area contributed by atoms with Gasteiger partial charge in [-0.15, -0.1) is 0 Å². The summed E-state index contributed by atoms with van der Waals surface area (Å²) in [5.74, 6) is -1.19. The molecule has 0 aliphatic rings. The lowest BCUT2D eigenvalue weighted by atomic mass is 10.1. The van der Waals surface area contributed by atoms with E-state index in [0.717, 1.165) is 0 Å². The molecule has 0 aliphatic carbocycles. The highest BCUT2D eigenvalue weighted by Crippen LogP contribution is 2.18. The molecule has 108 valence electrons. The summed E-state index contributed by atoms with van der Waals surface area (Å²) in [7, 11) is 1.26. The van der Waals surface area contributed by atoms with Gasteiger partial charge >= 0.3 is 5.97 Å². The predicted molar refractivity (Wildman–Crippen MR) is 76.6 cm³/mol. The fourth-order valence-corrected chi connectivity index (χ4v) is 1.65. The standard InChI is InChI=1S/C13H13N5O3/c1-21-12(20)7-4-2-3-5-9(7)17-11(19)8-6-16-13(15)18-10(8)14/h2-6H,1H3,(H,17,19)(H4,14,15,16,18). The molecule has 1 aromatic carbocycles. The Labute approximate surface area is 120 Å². The number of hydrogen-bond donors (Lipinski definition) is 3. The second kappa shape index (κ2) is 5.87. The highest BCUT2D eigenvalue weighted by atomic mass is 16.5. The van der Waals surface area contributed by atoms with E-state index in [1.807, 2.05) is 0 Å². The highest BCUT2D eigenvalue weighted by Gasteiger charge is 2.16. The van der Waals surface area contributed by atoms with Gasteiger partial charge in [0.05, 0.1) is 18.4 Å². The number of benzene rings is 1. The average molecular weight is 287 g/mol. The Hall–Kier alpha value is -3.16. The molecule has 0 radical (unpaired) electrons. The molecule has 0 atom stereocenters. The van der Waals surface area contributed by atoms with E-state index in [-0.39, 0.29) is 22.9 Å². The molecule has 0 spiro atoms. The van der Waals surface area contributed by atoms with Gasteiger partial charge < -0.3 is 21.5 Å². The van der Waals surface area contributed by atoms with E-state index in [9.17, 15) is 9.59 Å². The molecule has 1 heterocycles. The number of ether oxygens (including phenoxy) is 1. The Morgan fingerprint density at radius 3 is 2.57 bits per heavy atom. The molecule has 0 bridgehead atoms. The molecule has 2 aromatic rings.